The minimum atomic E-state index is 0.768. The predicted octanol–water partition coefficient (Wildman–Crippen LogP) is 3.63. The Morgan fingerprint density at radius 1 is 1.14 bits per heavy atom. The van der Waals surface area contributed by atoms with Gasteiger partial charge in [0.2, 0.25) is 0 Å². The van der Waals surface area contributed by atoms with Crippen LogP contribution in [0.15, 0.2) is 0 Å². The van der Waals surface area contributed by atoms with Crippen LogP contribution in [0.4, 0.5) is 0 Å². The van der Waals surface area contributed by atoms with Crippen LogP contribution in [-0.4, -0.2) is 13.7 Å². The molecule has 0 heterocycles. The third-order valence-electron chi connectivity index (χ3n) is 4.52. The quantitative estimate of drug-likeness (QED) is 0.655. The zero-order valence-electron chi connectivity index (χ0n) is 9.72. The van der Waals surface area contributed by atoms with Gasteiger partial charge in [-0.25, -0.2) is 0 Å². The van der Waals surface area contributed by atoms with E-state index in [-0.39, 0.29) is 0 Å². The maximum absolute atomic E-state index is 5.25. The molecule has 1 heteroatoms. The molecule has 0 radical (unpaired) electrons. The maximum Gasteiger partial charge on any atom is 0.0490 e. The van der Waals surface area contributed by atoms with Gasteiger partial charge in [-0.15, -0.1) is 0 Å². The van der Waals surface area contributed by atoms with Gasteiger partial charge in [-0.05, 0) is 55.8 Å². The van der Waals surface area contributed by atoms with Crippen molar-refractivity contribution in [1.29, 1.82) is 0 Å². The molecule has 0 aromatic rings. The molecule has 14 heavy (non-hydrogen) atoms. The molecular formula is C13H24O. The van der Waals surface area contributed by atoms with Gasteiger partial charge in [-0.2, -0.15) is 0 Å². The highest BCUT2D eigenvalue weighted by Gasteiger charge is 2.39. The molecule has 2 rings (SSSR count). The molecule has 0 unspecified atom stereocenters. The molecule has 0 amide bonds. The summed E-state index contributed by atoms with van der Waals surface area (Å²) in [4.78, 5) is 0. The van der Waals surface area contributed by atoms with Gasteiger partial charge in [0.1, 0.15) is 0 Å². The van der Waals surface area contributed by atoms with Crippen LogP contribution in [0.1, 0.15) is 51.9 Å². The monoisotopic (exact) mass is 196 g/mol. The smallest absolute Gasteiger partial charge is 0.0490 e. The highest BCUT2D eigenvalue weighted by atomic mass is 16.5. The van der Waals surface area contributed by atoms with Crippen molar-refractivity contribution in [2.75, 3.05) is 13.7 Å². The first kappa shape index (κ1) is 10.5. The Morgan fingerprint density at radius 3 is 2.29 bits per heavy atom. The number of methoxy groups -OCH3 is 1. The Kier molecular flexibility index (Phi) is 3.16. The van der Waals surface area contributed by atoms with E-state index in [2.05, 4.69) is 6.92 Å². The molecule has 0 N–H and O–H groups in total. The van der Waals surface area contributed by atoms with E-state index in [1.165, 1.54) is 44.9 Å². The summed E-state index contributed by atoms with van der Waals surface area (Å²) < 4.78 is 5.25. The van der Waals surface area contributed by atoms with E-state index in [0.29, 0.717) is 0 Å². The average Bonchev–Trinajstić information content (AvgIpc) is 2.53. The van der Waals surface area contributed by atoms with E-state index in [1.54, 1.807) is 0 Å². The van der Waals surface area contributed by atoms with Crippen molar-refractivity contribution in [3.63, 3.8) is 0 Å². The van der Waals surface area contributed by atoms with E-state index in [0.717, 1.165) is 23.9 Å². The summed E-state index contributed by atoms with van der Waals surface area (Å²) in [5, 5.41) is 0. The van der Waals surface area contributed by atoms with Crippen molar-refractivity contribution in [2.24, 2.45) is 17.3 Å². The second-order valence-electron chi connectivity index (χ2n) is 5.75. The van der Waals surface area contributed by atoms with Crippen molar-refractivity contribution >= 4 is 0 Å². The SMILES string of the molecule is COCC1CCC2(CC1)CC[C@@H](C)C2. The summed E-state index contributed by atoms with van der Waals surface area (Å²) in [6.45, 7) is 3.42. The molecular weight excluding hydrogens is 172 g/mol. The summed E-state index contributed by atoms with van der Waals surface area (Å²) >= 11 is 0. The first-order chi connectivity index (χ1) is 6.74. The van der Waals surface area contributed by atoms with Crippen LogP contribution in [0.3, 0.4) is 0 Å². The molecule has 2 aliphatic carbocycles. The zero-order chi connectivity index (χ0) is 10.0. The molecule has 2 aliphatic rings. The zero-order valence-corrected chi connectivity index (χ0v) is 9.72. The third-order valence-corrected chi connectivity index (χ3v) is 4.52. The lowest BCUT2D eigenvalue weighted by atomic mass is 9.69. The lowest BCUT2D eigenvalue weighted by Gasteiger charge is -2.37. The molecule has 1 spiro atoms. The van der Waals surface area contributed by atoms with Crippen molar-refractivity contribution in [1.82, 2.24) is 0 Å². The van der Waals surface area contributed by atoms with Crippen molar-refractivity contribution in [2.45, 2.75) is 51.9 Å². The van der Waals surface area contributed by atoms with Crippen LogP contribution >= 0.6 is 0 Å². The standard InChI is InChI=1S/C13H24O/c1-11-3-6-13(9-11)7-4-12(5-8-13)10-14-2/h11-12H,3-10H2,1-2H3/t11-,12?,13?/m1/s1. The first-order valence-corrected chi connectivity index (χ1v) is 6.23. The minimum absolute atomic E-state index is 0.768. The van der Waals surface area contributed by atoms with Gasteiger partial charge in [0, 0.05) is 13.7 Å². The number of rotatable bonds is 2. The largest absolute Gasteiger partial charge is 0.384 e. The number of hydrogen-bond acceptors (Lipinski definition) is 1. The summed E-state index contributed by atoms with van der Waals surface area (Å²) in [6.07, 6.45) is 10.3. The second-order valence-corrected chi connectivity index (χ2v) is 5.75. The van der Waals surface area contributed by atoms with Gasteiger partial charge < -0.3 is 4.74 Å². The topological polar surface area (TPSA) is 9.23 Å². The van der Waals surface area contributed by atoms with Crippen LogP contribution < -0.4 is 0 Å². The second kappa shape index (κ2) is 4.22. The fourth-order valence-electron chi connectivity index (χ4n) is 3.64. The molecule has 0 aromatic heterocycles. The van der Waals surface area contributed by atoms with E-state index >= 15 is 0 Å². The Bertz CT molecular complexity index is 180. The van der Waals surface area contributed by atoms with Gasteiger partial charge in [0.15, 0.2) is 0 Å². The summed E-state index contributed by atoms with van der Waals surface area (Å²) in [7, 11) is 1.84. The Morgan fingerprint density at radius 2 is 1.79 bits per heavy atom. The molecule has 2 saturated carbocycles. The highest BCUT2D eigenvalue weighted by molar-refractivity contribution is 4.91. The van der Waals surface area contributed by atoms with Crippen molar-refractivity contribution in [3.05, 3.63) is 0 Å². The fourth-order valence-corrected chi connectivity index (χ4v) is 3.64. The average molecular weight is 196 g/mol. The van der Waals surface area contributed by atoms with Crippen LogP contribution in [0.2, 0.25) is 0 Å². The minimum Gasteiger partial charge on any atom is -0.384 e. The Labute approximate surface area is 88.2 Å². The molecule has 0 bridgehead atoms. The predicted molar refractivity (Wildman–Crippen MR) is 59.3 cm³/mol. The first-order valence-electron chi connectivity index (χ1n) is 6.23. The Hall–Kier alpha value is -0.0400. The molecule has 0 aromatic carbocycles. The van der Waals surface area contributed by atoms with Gasteiger partial charge in [0.05, 0.1) is 0 Å². The number of ether oxygens (including phenoxy) is 1. The molecule has 1 nitrogen and oxygen atoms in total. The van der Waals surface area contributed by atoms with Gasteiger partial charge in [-0.1, -0.05) is 13.3 Å². The van der Waals surface area contributed by atoms with E-state index in [9.17, 15) is 0 Å². The molecule has 82 valence electrons. The fraction of sp³-hybridized carbons (Fsp3) is 1.00. The van der Waals surface area contributed by atoms with Crippen molar-refractivity contribution < 1.29 is 4.74 Å². The van der Waals surface area contributed by atoms with E-state index in [1.807, 2.05) is 7.11 Å². The lowest BCUT2D eigenvalue weighted by molar-refractivity contribution is 0.0841. The van der Waals surface area contributed by atoms with Crippen LogP contribution in [0.5, 0.6) is 0 Å². The van der Waals surface area contributed by atoms with Crippen LogP contribution in [0.25, 0.3) is 0 Å². The molecule has 2 fully saturated rings. The van der Waals surface area contributed by atoms with Gasteiger partial charge in [-0.3, -0.25) is 0 Å². The van der Waals surface area contributed by atoms with Crippen molar-refractivity contribution in [3.8, 4) is 0 Å². The Balaban J connectivity index is 1.83. The normalized spacial score (nSPS) is 43.3. The maximum atomic E-state index is 5.25. The lowest BCUT2D eigenvalue weighted by Crippen LogP contribution is -2.26. The van der Waals surface area contributed by atoms with Gasteiger partial charge >= 0.3 is 0 Å². The summed E-state index contributed by atoms with van der Waals surface area (Å²) in [5.41, 5.74) is 0.768. The third kappa shape index (κ3) is 2.13. The molecule has 1 atom stereocenters. The van der Waals surface area contributed by atoms with Crippen LogP contribution in [-0.2, 0) is 4.74 Å². The molecule has 0 saturated heterocycles. The number of hydrogen-bond donors (Lipinski definition) is 0. The van der Waals surface area contributed by atoms with Crippen LogP contribution in [0, 0.1) is 17.3 Å². The summed E-state index contributed by atoms with van der Waals surface area (Å²) in [6, 6.07) is 0. The van der Waals surface area contributed by atoms with E-state index < -0.39 is 0 Å². The summed E-state index contributed by atoms with van der Waals surface area (Å²) in [5.74, 6) is 1.86. The van der Waals surface area contributed by atoms with E-state index in [4.69, 9.17) is 4.74 Å². The highest BCUT2D eigenvalue weighted by Crippen LogP contribution is 2.52. The molecule has 0 aliphatic heterocycles. The van der Waals surface area contributed by atoms with Gasteiger partial charge in [0.25, 0.3) is 0 Å².